The van der Waals surface area contributed by atoms with E-state index in [0.717, 1.165) is 17.2 Å². The van der Waals surface area contributed by atoms with Gasteiger partial charge in [0.2, 0.25) is 0 Å². The lowest BCUT2D eigenvalue weighted by Gasteiger charge is -2.32. The second-order valence-corrected chi connectivity index (χ2v) is 6.72. The Morgan fingerprint density at radius 1 is 1.23 bits per heavy atom. The smallest absolute Gasteiger partial charge is 0.258 e. The highest BCUT2D eigenvalue weighted by atomic mass is 16.5. The number of ether oxygens (including phenoxy) is 1. The van der Waals surface area contributed by atoms with Gasteiger partial charge in [-0.1, -0.05) is 5.16 Å². The summed E-state index contributed by atoms with van der Waals surface area (Å²) in [5, 5.41) is 4.63. The summed E-state index contributed by atoms with van der Waals surface area (Å²) >= 11 is 0. The van der Waals surface area contributed by atoms with Crippen molar-refractivity contribution in [1.82, 2.24) is 24.6 Å². The third-order valence-electron chi connectivity index (χ3n) is 4.65. The number of fused-ring (bicyclic) bond motifs is 1. The Balaban J connectivity index is 1.66. The molecule has 3 aromatic rings. The monoisotopic (exact) mass is 355 g/mol. The maximum Gasteiger partial charge on any atom is 0.258 e. The molecule has 1 saturated heterocycles. The van der Waals surface area contributed by atoms with E-state index in [0.29, 0.717) is 42.1 Å². The number of aromatic nitrogens is 4. The van der Waals surface area contributed by atoms with E-state index < -0.39 is 0 Å². The maximum absolute atomic E-state index is 13.2. The summed E-state index contributed by atoms with van der Waals surface area (Å²) in [4.78, 5) is 23.9. The van der Waals surface area contributed by atoms with E-state index in [1.807, 2.05) is 38.6 Å². The predicted octanol–water partition coefficient (Wildman–Crippen LogP) is 2.10. The molecule has 0 aliphatic carbocycles. The maximum atomic E-state index is 13.2. The Morgan fingerprint density at radius 2 is 2.04 bits per heavy atom. The van der Waals surface area contributed by atoms with E-state index in [1.54, 1.807) is 11.0 Å². The van der Waals surface area contributed by atoms with E-state index in [9.17, 15) is 4.79 Å². The van der Waals surface area contributed by atoms with E-state index in [4.69, 9.17) is 9.26 Å². The molecule has 1 aliphatic rings. The van der Waals surface area contributed by atoms with Gasteiger partial charge in [-0.2, -0.15) is 0 Å². The average molecular weight is 355 g/mol. The van der Waals surface area contributed by atoms with Crippen LogP contribution in [0.3, 0.4) is 0 Å². The highest BCUT2D eigenvalue weighted by Gasteiger charge is 2.30. The number of aryl methyl sites for hydroxylation is 4. The molecule has 0 spiro atoms. The number of amides is 1. The van der Waals surface area contributed by atoms with Crippen LogP contribution in [0.5, 0.6) is 0 Å². The summed E-state index contributed by atoms with van der Waals surface area (Å²) in [7, 11) is 1.94. The molecule has 4 rings (SSSR count). The van der Waals surface area contributed by atoms with Crippen molar-refractivity contribution >= 4 is 17.0 Å². The SMILES string of the molecule is Cc1cn(C)c([C@@H]2CN(C(=O)c3cc(C)nc4onc(C)c34)CCO2)n1. The Morgan fingerprint density at radius 3 is 2.77 bits per heavy atom. The van der Waals surface area contributed by atoms with Gasteiger partial charge in [-0.05, 0) is 26.8 Å². The molecule has 1 fully saturated rings. The first-order chi connectivity index (χ1) is 12.4. The molecule has 1 atom stereocenters. The number of nitrogens with zero attached hydrogens (tertiary/aromatic N) is 5. The number of morpholine rings is 1. The molecule has 1 amide bonds. The normalized spacial score (nSPS) is 17.8. The van der Waals surface area contributed by atoms with Crippen molar-refractivity contribution < 1.29 is 14.1 Å². The molecule has 0 radical (unpaired) electrons. The standard InChI is InChI=1S/C18H21N5O3/c1-10-7-13(15-12(3)21-26-17(15)20-10)18(24)23-5-6-25-14(9-23)16-19-11(2)8-22(16)4/h7-8,14H,5-6,9H2,1-4H3/t14-/m0/s1. The Kier molecular flexibility index (Phi) is 3.99. The molecule has 1 aliphatic heterocycles. The molecular weight excluding hydrogens is 334 g/mol. The number of hydrogen-bond donors (Lipinski definition) is 0. The first kappa shape index (κ1) is 16.7. The Bertz CT molecular complexity index is 990. The van der Waals surface area contributed by atoms with Crippen LogP contribution < -0.4 is 0 Å². The summed E-state index contributed by atoms with van der Waals surface area (Å²) in [5.74, 6) is 0.767. The lowest BCUT2D eigenvalue weighted by atomic mass is 10.1. The summed E-state index contributed by atoms with van der Waals surface area (Å²) in [6.07, 6.45) is 1.71. The molecule has 8 nitrogen and oxygen atoms in total. The average Bonchev–Trinajstić information content (AvgIpc) is 3.15. The zero-order chi connectivity index (χ0) is 18.4. The van der Waals surface area contributed by atoms with Gasteiger partial charge < -0.3 is 18.7 Å². The van der Waals surface area contributed by atoms with Gasteiger partial charge >= 0.3 is 0 Å². The molecule has 0 bridgehead atoms. The zero-order valence-electron chi connectivity index (χ0n) is 15.3. The van der Waals surface area contributed by atoms with E-state index in [-0.39, 0.29) is 12.0 Å². The second kappa shape index (κ2) is 6.21. The molecule has 8 heteroatoms. The van der Waals surface area contributed by atoms with Gasteiger partial charge in [0.05, 0.1) is 35.5 Å². The van der Waals surface area contributed by atoms with Crippen molar-refractivity contribution in [2.75, 3.05) is 19.7 Å². The molecule has 0 N–H and O–H groups in total. The lowest BCUT2D eigenvalue weighted by molar-refractivity contribution is -0.0278. The summed E-state index contributed by atoms with van der Waals surface area (Å²) in [5.41, 5.74) is 3.29. The minimum Gasteiger partial charge on any atom is -0.367 e. The molecule has 3 aromatic heterocycles. The van der Waals surface area contributed by atoms with Crippen molar-refractivity contribution in [3.63, 3.8) is 0 Å². The van der Waals surface area contributed by atoms with Crippen LogP contribution in [0.2, 0.25) is 0 Å². The molecule has 0 unspecified atom stereocenters. The van der Waals surface area contributed by atoms with E-state index in [1.165, 1.54) is 0 Å². The molecule has 4 heterocycles. The second-order valence-electron chi connectivity index (χ2n) is 6.72. The lowest BCUT2D eigenvalue weighted by Crippen LogP contribution is -2.43. The quantitative estimate of drug-likeness (QED) is 0.700. The van der Waals surface area contributed by atoms with Crippen molar-refractivity contribution in [3.8, 4) is 0 Å². The molecule has 136 valence electrons. The highest BCUT2D eigenvalue weighted by molar-refractivity contribution is 6.06. The number of hydrogen-bond acceptors (Lipinski definition) is 6. The van der Waals surface area contributed by atoms with Gasteiger partial charge in [-0.15, -0.1) is 0 Å². The topological polar surface area (TPSA) is 86.3 Å². The van der Waals surface area contributed by atoms with Crippen LogP contribution in [-0.2, 0) is 11.8 Å². The van der Waals surface area contributed by atoms with Crippen molar-refractivity contribution in [2.24, 2.45) is 7.05 Å². The van der Waals surface area contributed by atoms with Crippen LogP contribution >= 0.6 is 0 Å². The van der Waals surface area contributed by atoms with Crippen molar-refractivity contribution in [1.29, 1.82) is 0 Å². The number of carbonyl (C=O) groups excluding carboxylic acids is 1. The fourth-order valence-corrected chi connectivity index (χ4v) is 3.48. The van der Waals surface area contributed by atoms with Crippen LogP contribution in [0.4, 0.5) is 0 Å². The largest absolute Gasteiger partial charge is 0.367 e. The summed E-state index contributed by atoms with van der Waals surface area (Å²) in [6.45, 7) is 7.06. The number of imidazole rings is 1. The third-order valence-corrected chi connectivity index (χ3v) is 4.65. The van der Waals surface area contributed by atoms with E-state index in [2.05, 4.69) is 15.1 Å². The molecule has 26 heavy (non-hydrogen) atoms. The fraction of sp³-hybridized carbons (Fsp3) is 0.444. The number of rotatable bonds is 2. The first-order valence-electron chi connectivity index (χ1n) is 8.58. The Hall–Kier alpha value is -2.74. The van der Waals surface area contributed by atoms with Gasteiger partial charge in [0.15, 0.2) is 0 Å². The zero-order valence-corrected chi connectivity index (χ0v) is 15.3. The number of carbonyl (C=O) groups is 1. The number of pyridine rings is 1. The van der Waals surface area contributed by atoms with Gasteiger partial charge in [-0.25, -0.2) is 9.97 Å². The third kappa shape index (κ3) is 2.76. The minimum atomic E-state index is -0.242. The van der Waals surface area contributed by atoms with Gasteiger partial charge in [0, 0.05) is 25.5 Å². The summed E-state index contributed by atoms with van der Waals surface area (Å²) in [6, 6.07) is 1.80. The van der Waals surface area contributed by atoms with Crippen molar-refractivity contribution in [2.45, 2.75) is 26.9 Å². The fourth-order valence-electron chi connectivity index (χ4n) is 3.48. The van der Waals surface area contributed by atoms with Crippen LogP contribution in [0.15, 0.2) is 16.8 Å². The molecular formula is C18H21N5O3. The van der Waals surface area contributed by atoms with Crippen LogP contribution in [0.25, 0.3) is 11.1 Å². The molecule has 0 saturated carbocycles. The van der Waals surface area contributed by atoms with Crippen LogP contribution in [0.1, 0.15) is 39.4 Å². The minimum absolute atomic E-state index is 0.0639. The van der Waals surface area contributed by atoms with E-state index >= 15 is 0 Å². The van der Waals surface area contributed by atoms with Crippen LogP contribution in [-0.4, -0.2) is 50.2 Å². The van der Waals surface area contributed by atoms with Gasteiger partial charge in [0.1, 0.15) is 11.9 Å². The Labute approximate surface area is 150 Å². The summed E-state index contributed by atoms with van der Waals surface area (Å²) < 4.78 is 13.1. The van der Waals surface area contributed by atoms with Crippen LogP contribution in [0, 0.1) is 20.8 Å². The van der Waals surface area contributed by atoms with Gasteiger partial charge in [-0.3, -0.25) is 4.79 Å². The van der Waals surface area contributed by atoms with Gasteiger partial charge in [0.25, 0.3) is 11.6 Å². The first-order valence-corrected chi connectivity index (χ1v) is 8.58. The highest BCUT2D eigenvalue weighted by Crippen LogP contribution is 2.26. The molecule has 0 aromatic carbocycles. The van der Waals surface area contributed by atoms with Crippen molar-refractivity contribution in [3.05, 3.63) is 40.7 Å². The predicted molar refractivity (Wildman–Crippen MR) is 93.8 cm³/mol.